The quantitative estimate of drug-likeness (QED) is 0.486. The van der Waals surface area contributed by atoms with E-state index in [9.17, 15) is 0 Å². The normalized spacial score (nSPS) is 33.6. The van der Waals surface area contributed by atoms with E-state index in [2.05, 4.69) is 4.99 Å². The molecular weight excluding hydrogens is 102 g/mol. The average Bonchev–Trinajstić information content (AvgIpc) is 1.86. The highest BCUT2D eigenvalue weighted by Gasteiger charge is 2.29. The SMILES string of the molecule is CC1(C)C=NC[C@H]1O. The van der Waals surface area contributed by atoms with Gasteiger partial charge in [-0.1, -0.05) is 13.8 Å². The summed E-state index contributed by atoms with van der Waals surface area (Å²) in [5, 5.41) is 9.13. The van der Waals surface area contributed by atoms with Gasteiger partial charge in [-0.3, -0.25) is 4.99 Å². The Hall–Kier alpha value is -0.370. The van der Waals surface area contributed by atoms with E-state index >= 15 is 0 Å². The lowest BCUT2D eigenvalue weighted by Crippen LogP contribution is -2.27. The number of nitrogens with zero attached hydrogens (tertiary/aromatic N) is 1. The average molecular weight is 113 g/mol. The second-order valence-electron chi connectivity index (χ2n) is 2.83. The van der Waals surface area contributed by atoms with Gasteiger partial charge in [0.2, 0.25) is 0 Å². The first kappa shape index (κ1) is 5.76. The highest BCUT2D eigenvalue weighted by Crippen LogP contribution is 2.22. The second kappa shape index (κ2) is 1.55. The minimum absolute atomic E-state index is 0.0833. The number of aliphatic imine (C=N–C) groups is 1. The topological polar surface area (TPSA) is 32.6 Å². The first-order valence-electron chi connectivity index (χ1n) is 2.82. The number of aliphatic hydroxyl groups is 1. The van der Waals surface area contributed by atoms with Crippen LogP contribution in [0.2, 0.25) is 0 Å². The van der Waals surface area contributed by atoms with E-state index in [0.29, 0.717) is 6.54 Å². The van der Waals surface area contributed by atoms with Crippen LogP contribution in [0.15, 0.2) is 4.99 Å². The van der Waals surface area contributed by atoms with Crippen LogP contribution >= 0.6 is 0 Å². The van der Waals surface area contributed by atoms with Crippen molar-refractivity contribution in [2.75, 3.05) is 6.54 Å². The van der Waals surface area contributed by atoms with E-state index in [1.807, 2.05) is 20.1 Å². The Balaban J connectivity index is 2.67. The summed E-state index contributed by atoms with van der Waals surface area (Å²) >= 11 is 0. The summed E-state index contributed by atoms with van der Waals surface area (Å²) in [6.07, 6.45) is 1.56. The van der Waals surface area contributed by atoms with E-state index < -0.39 is 0 Å². The summed E-state index contributed by atoms with van der Waals surface area (Å²) in [6.45, 7) is 4.54. The fourth-order valence-corrected chi connectivity index (χ4v) is 0.709. The maximum absolute atomic E-state index is 9.13. The van der Waals surface area contributed by atoms with Crippen molar-refractivity contribution in [3.63, 3.8) is 0 Å². The Kier molecular flexibility index (Phi) is 1.12. The monoisotopic (exact) mass is 113 g/mol. The molecule has 1 atom stereocenters. The molecule has 0 amide bonds. The summed E-state index contributed by atoms with van der Waals surface area (Å²) in [5.41, 5.74) is -0.0833. The molecular formula is C6H11NO. The minimum atomic E-state index is -0.262. The molecule has 0 saturated carbocycles. The standard InChI is InChI=1S/C6H11NO/c1-6(2)4-7-3-5(6)8/h4-5,8H,3H2,1-2H3/t5-/m1/s1. The van der Waals surface area contributed by atoms with Crippen molar-refractivity contribution >= 4 is 6.21 Å². The van der Waals surface area contributed by atoms with Crippen molar-refractivity contribution in [3.8, 4) is 0 Å². The van der Waals surface area contributed by atoms with E-state index in [-0.39, 0.29) is 11.5 Å². The van der Waals surface area contributed by atoms with Crippen LogP contribution in [-0.2, 0) is 0 Å². The molecule has 0 bridgehead atoms. The van der Waals surface area contributed by atoms with Crippen molar-refractivity contribution in [3.05, 3.63) is 0 Å². The Morgan fingerprint density at radius 3 is 2.50 bits per heavy atom. The number of hydrogen-bond donors (Lipinski definition) is 1. The fraction of sp³-hybridized carbons (Fsp3) is 0.833. The highest BCUT2D eigenvalue weighted by molar-refractivity contribution is 5.67. The minimum Gasteiger partial charge on any atom is -0.390 e. The zero-order chi connectivity index (χ0) is 6.20. The maximum Gasteiger partial charge on any atom is 0.0835 e. The largest absolute Gasteiger partial charge is 0.390 e. The molecule has 1 N–H and O–H groups in total. The molecule has 2 nitrogen and oxygen atoms in total. The van der Waals surface area contributed by atoms with Crippen LogP contribution in [0.3, 0.4) is 0 Å². The van der Waals surface area contributed by atoms with E-state index in [4.69, 9.17) is 5.11 Å². The van der Waals surface area contributed by atoms with E-state index in [1.165, 1.54) is 0 Å². The molecule has 1 heterocycles. The van der Waals surface area contributed by atoms with Crippen LogP contribution < -0.4 is 0 Å². The van der Waals surface area contributed by atoms with Gasteiger partial charge in [-0.25, -0.2) is 0 Å². The molecule has 0 aromatic heterocycles. The Morgan fingerprint density at radius 2 is 2.38 bits per heavy atom. The number of rotatable bonds is 0. The molecule has 46 valence electrons. The molecule has 0 saturated heterocycles. The smallest absolute Gasteiger partial charge is 0.0835 e. The lowest BCUT2D eigenvalue weighted by molar-refractivity contribution is 0.117. The van der Waals surface area contributed by atoms with Crippen LogP contribution in [0, 0.1) is 5.41 Å². The molecule has 0 aromatic carbocycles. The zero-order valence-electron chi connectivity index (χ0n) is 5.26. The highest BCUT2D eigenvalue weighted by atomic mass is 16.3. The summed E-state index contributed by atoms with van der Waals surface area (Å²) in [5.74, 6) is 0. The van der Waals surface area contributed by atoms with Crippen LogP contribution in [0.1, 0.15) is 13.8 Å². The van der Waals surface area contributed by atoms with Crippen molar-refractivity contribution in [2.45, 2.75) is 20.0 Å². The van der Waals surface area contributed by atoms with E-state index in [1.54, 1.807) is 0 Å². The molecule has 0 fully saturated rings. The zero-order valence-corrected chi connectivity index (χ0v) is 5.26. The molecule has 0 radical (unpaired) electrons. The van der Waals surface area contributed by atoms with Gasteiger partial charge in [0.25, 0.3) is 0 Å². The van der Waals surface area contributed by atoms with Gasteiger partial charge in [-0.15, -0.1) is 0 Å². The van der Waals surface area contributed by atoms with Crippen molar-refractivity contribution in [1.82, 2.24) is 0 Å². The number of aliphatic hydroxyl groups excluding tert-OH is 1. The Labute approximate surface area is 49.2 Å². The van der Waals surface area contributed by atoms with Gasteiger partial charge >= 0.3 is 0 Å². The first-order valence-corrected chi connectivity index (χ1v) is 2.82. The van der Waals surface area contributed by atoms with Gasteiger partial charge in [-0.2, -0.15) is 0 Å². The van der Waals surface area contributed by atoms with Gasteiger partial charge in [0.1, 0.15) is 0 Å². The first-order chi connectivity index (χ1) is 3.63. The molecule has 0 aromatic rings. The van der Waals surface area contributed by atoms with Crippen molar-refractivity contribution < 1.29 is 5.11 Å². The molecule has 1 rings (SSSR count). The Morgan fingerprint density at radius 1 is 1.75 bits per heavy atom. The summed E-state index contributed by atoms with van der Waals surface area (Å²) < 4.78 is 0. The molecule has 0 aliphatic carbocycles. The predicted molar refractivity (Wildman–Crippen MR) is 33.1 cm³/mol. The summed E-state index contributed by atoms with van der Waals surface area (Å²) in [4.78, 5) is 3.94. The molecule has 1 aliphatic rings. The fourth-order valence-electron chi connectivity index (χ4n) is 0.709. The van der Waals surface area contributed by atoms with Gasteiger partial charge < -0.3 is 5.11 Å². The van der Waals surface area contributed by atoms with Crippen LogP contribution in [0.4, 0.5) is 0 Å². The van der Waals surface area contributed by atoms with E-state index in [0.717, 1.165) is 0 Å². The molecule has 2 heteroatoms. The van der Waals surface area contributed by atoms with Crippen LogP contribution in [-0.4, -0.2) is 24.0 Å². The second-order valence-corrected chi connectivity index (χ2v) is 2.83. The van der Waals surface area contributed by atoms with Gasteiger partial charge in [0.15, 0.2) is 0 Å². The summed E-state index contributed by atoms with van der Waals surface area (Å²) in [7, 11) is 0. The van der Waals surface area contributed by atoms with Crippen molar-refractivity contribution in [2.24, 2.45) is 10.4 Å². The van der Waals surface area contributed by atoms with Crippen molar-refractivity contribution in [1.29, 1.82) is 0 Å². The Bertz CT molecular complexity index is 118. The van der Waals surface area contributed by atoms with Gasteiger partial charge in [-0.05, 0) is 0 Å². The third-order valence-corrected chi connectivity index (χ3v) is 1.56. The molecule has 0 spiro atoms. The molecule has 1 aliphatic heterocycles. The molecule has 8 heavy (non-hydrogen) atoms. The third-order valence-electron chi connectivity index (χ3n) is 1.56. The lowest BCUT2D eigenvalue weighted by Gasteiger charge is -2.17. The maximum atomic E-state index is 9.13. The van der Waals surface area contributed by atoms with Gasteiger partial charge in [0, 0.05) is 11.6 Å². The number of hydrogen-bond acceptors (Lipinski definition) is 2. The van der Waals surface area contributed by atoms with Gasteiger partial charge in [0.05, 0.1) is 12.6 Å². The third kappa shape index (κ3) is 0.757. The summed E-state index contributed by atoms with van der Waals surface area (Å²) in [6, 6.07) is 0. The predicted octanol–water partition coefficient (Wildman–Crippen LogP) is 0.458. The van der Waals surface area contributed by atoms with Crippen LogP contribution in [0.25, 0.3) is 0 Å². The lowest BCUT2D eigenvalue weighted by atomic mass is 9.91. The molecule has 0 unspecified atom stereocenters. The van der Waals surface area contributed by atoms with Crippen LogP contribution in [0.5, 0.6) is 0 Å².